The smallest absolute Gasteiger partial charge is 0.306 e. The Morgan fingerprint density at radius 2 is 1.80 bits per heavy atom. The van der Waals surface area contributed by atoms with Gasteiger partial charge in [0.1, 0.15) is 0 Å². The van der Waals surface area contributed by atoms with Gasteiger partial charge in [-0.3, -0.25) is 4.79 Å². The van der Waals surface area contributed by atoms with Gasteiger partial charge in [-0.25, -0.2) is 0 Å². The molecular weight excluding hydrogens is 188 g/mol. The molecule has 15 heavy (non-hydrogen) atoms. The Morgan fingerprint density at radius 3 is 2.33 bits per heavy atom. The van der Waals surface area contributed by atoms with Gasteiger partial charge in [0.25, 0.3) is 0 Å². The first-order chi connectivity index (χ1) is 7.33. The van der Waals surface area contributed by atoms with E-state index < -0.39 is 0 Å². The van der Waals surface area contributed by atoms with E-state index in [9.17, 15) is 4.79 Å². The van der Waals surface area contributed by atoms with Crippen LogP contribution in [0.2, 0.25) is 0 Å². The summed E-state index contributed by atoms with van der Waals surface area (Å²) in [6, 6.07) is 9.94. The minimum absolute atomic E-state index is 0.119. The Hall–Kier alpha value is -1.31. The molecule has 2 nitrogen and oxygen atoms in total. The van der Waals surface area contributed by atoms with Crippen molar-refractivity contribution in [3.63, 3.8) is 0 Å². The highest BCUT2D eigenvalue weighted by Gasteiger charge is 2.01. The van der Waals surface area contributed by atoms with Crippen molar-refractivity contribution < 1.29 is 9.53 Å². The number of hydrogen-bond donors (Lipinski definition) is 0. The normalized spacial score (nSPS) is 8.73. The summed E-state index contributed by atoms with van der Waals surface area (Å²) >= 11 is 0. The largest absolute Gasteiger partial charge is 0.466 e. The number of carbonyl (C=O) groups is 1. The molecule has 0 saturated heterocycles. The monoisotopic (exact) mass is 208 g/mol. The van der Waals surface area contributed by atoms with Gasteiger partial charge in [0.05, 0.1) is 6.61 Å². The summed E-state index contributed by atoms with van der Waals surface area (Å²) in [5.41, 5.74) is 1.18. The predicted molar refractivity (Wildman–Crippen MR) is 62.7 cm³/mol. The van der Waals surface area contributed by atoms with Gasteiger partial charge in [-0.1, -0.05) is 44.2 Å². The van der Waals surface area contributed by atoms with Crippen LogP contribution in [0, 0.1) is 0 Å². The lowest BCUT2D eigenvalue weighted by molar-refractivity contribution is -0.143. The Labute approximate surface area is 92.3 Å². The molecule has 0 aromatic heterocycles. The SMILES string of the molecule is CC.CCOC(=O)CCc1ccccc1. The number of esters is 1. The second-order valence-corrected chi connectivity index (χ2v) is 2.79. The maximum atomic E-state index is 11.0. The molecule has 0 aliphatic rings. The zero-order valence-electron chi connectivity index (χ0n) is 9.82. The first-order valence-electron chi connectivity index (χ1n) is 5.52. The number of aryl methyl sites for hydroxylation is 1. The summed E-state index contributed by atoms with van der Waals surface area (Å²) in [6.45, 7) is 6.29. The van der Waals surface area contributed by atoms with Gasteiger partial charge in [0.2, 0.25) is 0 Å². The lowest BCUT2D eigenvalue weighted by atomic mass is 10.1. The van der Waals surface area contributed by atoms with Crippen molar-refractivity contribution >= 4 is 5.97 Å². The molecule has 0 saturated carbocycles. The quantitative estimate of drug-likeness (QED) is 0.710. The molecule has 0 spiro atoms. The van der Waals surface area contributed by atoms with Gasteiger partial charge in [-0.15, -0.1) is 0 Å². The molecule has 0 amide bonds. The van der Waals surface area contributed by atoms with Gasteiger partial charge in [-0.05, 0) is 18.9 Å². The van der Waals surface area contributed by atoms with E-state index in [1.165, 1.54) is 5.56 Å². The van der Waals surface area contributed by atoms with Crippen LogP contribution in [-0.2, 0) is 16.0 Å². The maximum absolute atomic E-state index is 11.0. The third-order valence-corrected chi connectivity index (χ3v) is 1.77. The molecule has 1 aromatic rings. The first-order valence-corrected chi connectivity index (χ1v) is 5.52. The lowest BCUT2D eigenvalue weighted by Gasteiger charge is -2.01. The van der Waals surface area contributed by atoms with E-state index in [1.54, 1.807) is 0 Å². The van der Waals surface area contributed by atoms with Gasteiger partial charge >= 0.3 is 5.97 Å². The fraction of sp³-hybridized carbons (Fsp3) is 0.462. The van der Waals surface area contributed by atoms with Crippen LogP contribution in [0.1, 0.15) is 32.8 Å². The van der Waals surface area contributed by atoms with Crippen LogP contribution >= 0.6 is 0 Å². The van der Waals surface area contributed by atoms with Gasteiger partial charge in [-0.2, -0.15) is 0 Å². The molecule has 0 aliphatic carbocycles. The third-order valence-electron chi connectivity index (χ3n) is 1.77. The van der Waals surface area contributed by atoms with E-state index in [0.717, 1.165) is 6.42 Å². The molecule has 1 rings (SSSR count). The molecule has 0 bridgehead atoms. The number of rotatable bonds is 4. The average molecular weight is 208 g/mol. The Bertz CT molecular complexity index is 254. The van der Waals surface area contributed by atoms with Crippen molar-refractivity contribution in [1.29, 1.82) is 0 Å². The average Bonchev–Trinajstić information content (AvgIpc) is 2.31. The summed E-state index contributed by atoms with van der Waals surface area (Å²) in [5, 5.41) is 0. The summed E-state index contributed by atoms with van der Waals surface area (Å²) in [4.78, 5) is 11.0. The van der Waals surface area contributed by atoms with Gasteiger partial charge in [0, 0.05) is 6.42 Å². The van der Waals surface area contributed by atoms with Crippen molar-refractivity contribution in [3.8, 4) is 0 Å². The highest BCUT2D eigenvalue weighted by Crippen LogP contribution is 2.02. The summed E-state index contributed by atoms with van der Waals surface area (Å²) in [7, 11) is 0. The van der Waals surface area contributed by atoms with E-state index in [0.29, 0.717) is 13.0 Å². The van der Waals surface area contributed by atoms with E-state index in [1.807, 2.05) is 51.1 Å². The molecular formula is C13H20O2. The van der Waals surface area contributed by atoms with E-state index in [4.69, 9.17) is 4.74 Å². The molecule has 84 valence electrons. The van der Waals surface area contributed by atoms with Crippen molar-refractivity contribution in [2.45, 2.75) is 33.6 Å². The molecule has 0 radical (unpaired) electrons. The van der Waals surface area contributed by atoms with Crippen molar-refractivity contribution in [1.82, 2.24) is 0 Å². The molecule has 0 heterocycles. The second kappa shape index (κ2) is 9.25. The van der Waals surface area contributed by atoms with Crippen LogP contribution in [0.5, 0.6) is 0 Å². The Balaban J connectivity index is 0.000000921. The molecule has 2 heteroatoms. The third kappa shape index (κ3) is 6.72. The van der Waals surface area contributed by atoms with Crippen molar-refractivity contribution in [2.75, 3.05) is 6.61 Å². The number of carbonyl (C=O) groups excluding carboxylic acids is 1. The highest BCUT2D eigenvalue weighted by molar-refractivity contribution is 5.69. The Kier molecular flexibility index (Phi) is 8.44. The van der Waals surface area contributed by atoms with Crippen LogP contribution in [0.4, 0.5) is 0 Å². The fourth-order valence-electron chi connectivity index (χ4n) is 1.12. The number of hydrogen-bond acceptors (Lipinski definition) is 2. The van der Waals surface area contributed by atoms with Crippen LogP contribution in [0.25, 0.3) is 0 Å². The zero-order chi connectivity index (χ0) is 11.5. The minimum atomic E-state index is -0.119. The minimum Gasteiger partial charge on any atom is -0.466 e. The topological polar surface area (TPSA) is 26.3 Å². The van der Waals surface area contributed by atoms with E-state index >= 15 is 0 Å². The first kappa shape index (κ1) is 13.7. The van der Waals surface area contributed by atoms with Crippen LogP contribution in [0.3, 0.4) is 0 Å². The standard InChI is InChI=1S/C11H14O2.C2H6/c1-2-13-11(12)9-8-10-6-4-3-5-7-10;1-2/h3-7H,2,8-9H2,1H3;1-2H3. The molecule has 0 aliphatic heterocycles. The van der Waals surface area contributed by atoms with E-state index in [-0.39, 0.29) is 5.97 Å². The molecule has 0 N–H and O–H groups in total. The number of benzene rings is 1. The second-order valence-electron chi connectivity index (χ2n) is 2.79. The number of ether oxygens (including phenoxy) is 1. The van der Waals surface area contributed by atoms with Crippen molar-refractivity contribution in [3.05, 3.63) is 35.9 Å². The zero-order valence-corrected chi connectivity index (χ0v) is 9.82. The molecule has 1 aromatic carbocycles. The van der Waals surface area contributed by atoms with Crippen molar-refractivity contribution in [2.24, 2.45) is 0 Å². The van der Waals surface area contributed by atoms with Crippen LogP contribution in [0.15, 0.2) is 30.3 Å². The van der Waals surface area contributed by atoms with Crippen LogP contribution in [-0.4, -0.2) is 12.6 Å². The lowest BCUT2D eigenvalue weighted by Crippen LogP contribution is -2.04. The van der Waals surface area contributed by atoms with E-state index in [2.05, 4.69) is 0 Å². The molecule has 0 fully saturated rings. The Morgan fingerprint density at radius 1 is 1.20 bits per heavy atom. The predicted octanol–water partition coefficient (Wildman–Crippen LogP) is 3.21. The van der Waals surface area contributed by atoms with Gasteiger partial charge in [0.15, 0.2) is 0 Å². The summed E-state index contributed by atoms with van der Waals surface area (Å²) in [6.07, 6.45) is 1.23. The summed E-state index contributed by atoms with van der Waals surface area (Å²) in [5.74, 6) is -0.119. The van der Waals surface area contributed by atoms with Crippen LogP contribution < -0.4 is 0 Å². The molecule has 0 atom stereocenters. The summed E-state index contributed by atoms with van der Waals surface area (Å²) < 4.78 is 4.82. The van der Waals surface area contributed by atoms with Gasteiger partial charge < -0.3 is 4.74 Å². The molecule has 0 unspecified atom stereocenters. The fourth-order valence-corrected chi connectivity index (χ4v) is 1.12. The maximum Gasteiger partial charge on any atom is 0.306 e. The highest BCUT2D eigenvalue weighted by atomic mass is 16.5.